The summed E-state index contributed by atoms with van der Waals surface area (Å²) in [6.07, 6.45) is 1.58. The van der Waals surface area contributed by atoms with Crippen molar-refractivity contribution in [2.24, 2.45) is 0 Å². The van der Waals surface area contributed by atoms with E-state index in [0.717, 1.165) is 35.8 Å². The van der Waals surface area contributed by atoms with Gasteiger partial charge in [-0.05, 0) is 37.6 Å². The van der Waals surface area contributed by atoms with Crippen LogP contribution in [0.4, 0.5) is 4.39 Å². The Morgan fingerprint density at radius 2 is 2.08 bits per heavy atom. The van der Waals surface area contributed by atoms with E-state index in [0.29, 0.717) is 11.3 Å². The third-order valence-electron chi connectivity index (χ3n) is 3.71. The summed E-state index contributed by atoms with van der Waals surface area (Å²) in [5, 5.41) is 7.14. The summed E-state index contributed by atoms with van der Waals surface area (Å²) in [5.41, 5.74) is 1.74. The lowest BCUT2D eigenvalue weighted by Crippen LogP contribution is -2.36. The highest BCUT2D eigenvalue weighted by Gasteiger charge is 2.21. The first-order valence-electron chi connectivity index (χ1n) is 7.34. The predicted octanol–water partition coefficient (Wildman–Crippen LogP) is 3.12. The van der Waals surface area contributed by atoms with Crippen LogP contribution < -0.4 is 10.6 Å². The second-order valence-electron chi connectivity index (χ2n) is 5.49. The molecule has 1 amide bonds. The van der Waals surface area contributed by atoms with Gasteiger partial charge < -0.3 is 10.6 Å². The average molecular weight is 392 g/mol. The molecular formula is C16H20Cl2FN3OS. The first-order valence-corrected chi connectivity index (χ1v) is 8.16. The molecule has 2 N–H and O–H groups in total. The largest absolute Gasteiger partial charge is 0.347 e. The quantitative estimate of drug-likeness (QED) is 0.841. The van der Waals surface area contributed by atoms with E-state index < -0.39 is 0 Å². The standard InChI is InChI=1S/C16H18FN3OS.2ClH/c1-10-15(16(21)20-13-6-7-18-9-13)22-14(19-10)8-11-2-4-12(17)5-3-11;;/h2-5,13,18H,6-9H2,1H3,(H,20,21);2*1H. The van der Waals surface area contributed by atoms with Gasteiger partial charge in [-0.3, -0.25) is 4.79 Å². The van der Waals surface area contributed by atoms with Crippen LogP contribution in [0.5, 0.6) is 0 Å². The number of nitrogens with one attached hydrogen (secondary N) is 2. The van der Waals surface area contributed by atoms with Gasteiger partial charge in [-0.2, -0.15) is 0 Å². The first-order chi connectivity index (χ1) is 10.6. The van der Waals surface area contributed by atoms with Gasteiger partial charge in [-0.15, -0.1) is 36.2 Å². The van der Waals surface area contributed by atoms with Crippen molar-refractivity contribution >= 4 is 42.1 Å². The van der Waals surface area contributed by atoms with Crippen molar-refractivity contribution in [3.8, 4) is 0 Å². The molecule has 1 aliphatic heterocycles. The number of amides is 1. The fourth-order valence-electron chi connectivity index (χ4n) is 2.54. The molecule has 1 unspecified atom stereocenters. The molecule has 0 bridgehead atoms. The maximum absolute atomic E-state index is 12.9. The number of carbonyl (C=O) groups excluding carboxylic acids is 1. The summed E-state index contributed by atoms with van der Waals surface area (Å²) < 4.78 is 12.9. The fraction of sp³-hybridized carbons (Fsp3) is 0.375. The molecule has 1 atom stereocenters. The average Bonchev–Trinajstić information content (AvgIpc) is 3.11. The molecule has 0 spiro atoms. The van der Waals surface area contributed by atoms with Gasteiger partial charge in [-0.1, -0.05) is 12.1 Å². The molecule has 1 aromatic heterocycles. The summed E-state index contributed by atoms with van der Waals surface area (Å²) >= 11 is 1.41. The highest BCUT2D eigenvalue weighted by atomic mass is 35.5. The van der Waals surface area contributed by atoms with E-state index in [4.69, 9.17) is 0 Å². The molecule has 0 saturated carbocycles. The predicted molar refractivity (Wildman–Crippen MR) is 99.3 cm³/mol. The first kappa shape index (κ1) is 20.8. The van der Waals surface area contributed by atoms with Crippen LogP contribution in [0.25, 0.3) is 0 Å². The van der Waals surface area contributed by atoms with Crippen LogP contribution >= 0.6 is 36.2 Å². The van der Waals surface area contributed by atoms with Crippen LogP contribution in [0.15, 0.2) is 24.3 Å². The highest BCUT2D eigenvalue weighted by Crippen LogP contribution is 2.21. The lowest BCUT2D eigenvalue weighted by molar-refractivity contribution is 0.0943. The van der Waals surface area contributed by atoms with Crippen LogP contribution in [-0.2, 0) is 6.42 Å². The van der Waals surface area contributed by atoms with E-state index in [1.165, 1.54) is 23.5 Å². The van der Waals surface area contributed by atoms with E-state index >= 15 is 0 Å². The number of rotatable bonds is 4. The normalized spacial score (nSPS) is 16.2. The second kappa shape index (κ2) is 9.32. The van der Waals surface area contributed by atoms with Crippen molar-refractivity contribution in [2.45, 2.75) is 25.8 Å². The number of halogens is 3. The van der Waals surface area contributed by atoms with Gasteiger partial charge in [-0.25, -0.2) is 9.37 Å². The highest BCUT2D eigenvalue weighted by molar-refractivity contribution is 7.13. The molecule has 0 aliphatic carbocycles. The van der Waals surface area contributed by atoms with Crippen LogP contribution in [-0.4, -0.2) is 30.0 Å². The van der Waals surface area contributed by atoms with Crippen molar-refractivity contribution in [3.05, 3.63) is 51.2 Å². The van der Waals surface area contributed by atoms with Crippen molar-refractivity contribution in [2.75, 3.05) is 13.1 Å². The number of carbonyl (C=O) groups is 1. The molecule has 1 fully saturated rings. The third kappa shape index (κ3) is 5.14. The number of hydrogen-bond acceptors (Lipinski definition) is 4. The molecule has 1 saturated heterocycles. The van der Waals surface area contributed by atoms with Crippen molar-refractivity contribution < 1.29 is 9.18 Å². The Morgan fingerprint density at radius 1 is 1.38 bits per heavy atom. The van der Waals surface area contributed by atoms with Crippen LogP contribution in [0.1, 0.15) is 32.4 Å². The van der Waals surface area contributed by atoms with Crippen LogP contribution in [0.2, 0.25) is 0 Å². The van der Waals surface area contributed by atoms with E-state index in [1.54, 1.807) is 12.1 Å². The van der Waals surface area contributed by atoms with Gasteiger partial charge in [0.1, 0.15) is 10.7 Å². The molecule has 132 valence electrons. The van der Waals surface area contributed by atoms with Gasteiger partial charge in [0.15, 0.2) is 0 Å². The maximum Gasteiger partial charge on any atom is 0.263 e. The topological polar surface area (TPSA) is 54.0 Å². The summed E-state index contributed by atoms with van der Waals surface area (Å²) in [5.74, 6) is -0.293. The molecule has 0 radical (unpaired) electrons. The number of nitrogens with zero attached hydrogens (tertiary/aromatic N) is 1. The van der Waals surface area contributed by atoms with E-state index in [1.807, 2.05) is 6.92 Å². The molecule has 1 aromatic carbocycles. The van der Waals surface area contributed by atoms with Crippen LogP contribution in [0, 0.1) is 12.7 Å². The zero-order chi connectivity index (χ0) is 15.5. The van der Waals surface area contributed by atoms with Gasteiger partial charge in [0.25, 0.3) is 5.91 Å². The summed E-state index contributed by atoms with van der Waals surface area (Å²) in [6, 6.07) is 6.58. The number of benzene rings is 1. The van der Waals surface area contributed by atoms with Gasteiger partial charge in [0.2, 0.25) is 0 Å². The Hall–Kier alpha value is -1.21. The Kier molecular flexibility index (Phi) is 8.09. The van der Waals surface area contributed by atoms with Crippen LogP contribution in [0.3, 0.4) is 0 Å². The zero-order valence-corrected chi connectivity index (χ0v) is 15.6. The Morgan fingerprint density at radius 3 is 2.71 bits per heavy atom. The Labute approximate surface area is 157 Å². The third-order valence-corrected chi connectivity index (χ3v) is 4.87. The SMILES string of the molecule is Cc1nc(Cc2ccc(F)cc2)sc1C(=O)NC1CCNC1.Cl.Cl. The minimum atomic E-state index is -0.246. The molecule has 2 aromatic rings. The molecule has 3 rings (SSSR count). The molecule has 2 heterocycles. The maximum atomic E-state index is 12.9. The van der Waals surface area contributed by atoms with E-state index in [9.17, 15) is 9.18 Å². The second-order valence-corrected chi connectivity index (χ2v) is 6.57. The number of hydrogen-bond donors (Lipinski definition) is 2. The van der Waals surface area contributed by atoms with Gasteiger partial charge >= 0.3 is 0 Å². The van der Waals surface area contributed by atoms with Gasteiger partial charge in [0, 0.05) is 19.0 Å². The van der Waals surface area contributed by atoms with E-state index in [-0.39, 0.29) is 42.6 Å². The summed E-state index contributed by atoms with van der Waals surface area (Å²) in [6.45, 7) is 3.63. The fourth-order valence-corrected chi connectivity index (χ4v) is 3.55. The number of aryl methyl sites for hydroxylation is 1. The Balaban J connectivity index is 0.00000144. The number of thiazole rings is 1. The van der Waals surface area contributed by atoms with E-state index in [2.05, 4.69) is 15.6 Å². The minimum absolute atomic E-state index is 0. The Bertz CT molecular complexity index is 672. The summed E-state index contributed by atoms with van der Waals surface area (Å²) in [4.78, 5) is 17.5. The molecule has 24 heavy (non-hydrogen) atoms. The monoisotopic (exact) mass is 391 g/mol. The van der Waals surface area contributed by atoms with Crippen molar-refractivity contribution in [1.82, 2.24) is 15.6 Å². The molecular weight excluding hydrogens is 372 g/mol. The van der Waals surface area contributed by atoms with Gasteiger partial charge in [0.05, 0.1) is 10.7 Å². The molecule has 4 nitrogen and oxygen atoms in total. The zero-order valence-electron chi connectivity index (χ0n) is 13.2. The molecule has 1 aliphatic rings. The van der Waals surface area contributed by atoms with Crippen molar-refractivity contribution in [1.29, 1.82) is 0 Å². The minimum Gasteiger partial charge on any atom is -0.347 e. The number of aromatic nitrogens is 1. The smallest absolute Gasteiger partial charge is 0.263 e. The lowest BCUT2D eigenvalue weighted by atomic mass is 10.1. The summed E-state index contributed by atoms with van der Waals surface area (Å²) in [7, 11) is 0. The van der Waals surface area contributed by atoms with Crippen molar-refractivity contribution in [3.63, 3.8) is 0 Å². The lowest BCUT2D eigenvalue weighted by Gasteiger charge is -2.09. The molecule has 8 heteroatoms.